The zero-order valence-electron chi connectivity index (χ0n) is 19.8. The fourth-order valence-corrected chi connectivity index (χ4v) is 5.51. The first-order valence-corrected chi connectivity index (χ1v) is 12.2. The first-order chi connectivity index (χ1) is 16.9. The molecule has 0 spiro atoms. The molecule has 3 aliphatic heterocycles. The van der Waals surface area contributed by atoms with Crippen LogP contribution in [0.4, 0.5) is 5.82 Å². The quantitative estimate of drug-likeness (QED) is 0.564. The van der Waals surface area contributed by atoms with Crippen molar-refractivity contribution in [1.82, 2.24) is 19.9 Å². The van der Waals surface area contributed by atoms with Gasteiger partial charge in [0.1, 0.15) is 0 Å². The summed E-state index contributed by atoms with van der Waals surface area (Å²) >= 11 is 0. The van der Waals surface area contributed by atoms with Gasteiger partial charge in [-0.1, -0.05) is 0 Å². The lowest BCUT2D eigenvalue weighted by Crippen LogP contribution is -2.61. The number of aryl methyl sites for hydroxylation is 2. The van der Waals surface area contributed by atoms with Gasteiger partial charge in [0.05, 0.1) is 28.9 Å². The molecule has 3 aromatic rings. The van der Waals surface area contributed by atoms with Crippen molar-refractivity contribution in [1.29, 1.82) is 0 Å². The van der Waals surface area contributed by atoms with Gasteiger partial charge >= 0.3 is 0 Å². The molecule has 3 aromatic heterocycles. The smallest absolute Gasteiger partial charge is 0.263 e. The van der Waals surface area contributed by atoms with Crippen molar-refractivity contribution < 1.29 is 14.3 Å². The number of hydrogen-bond acceptors (Lipinski definition) is 7. The van der Waals surface area contributed by atoms with Crippen molar-refractivity contribution in [3.8, 4) is 5.75 Å². The number of hydrogen-bond donors (Lipinski definition) is 2. The Balaban J connectivity index is 1.10. The molecule has 0 aromatic carbocycles. The van der Waals surface area contributed by atoms with E-state index in [2.05, 4.69) is 20.6 Å². The summed E-state index contributed by atoms with van der Waals surface area (Å²) in [5, 5.41) is 6.45. The topological polar surface area (TPSA) is 107 Å². The van der Waals surface area contributed by atoms with Crippen LogP contribution in [0.25, 0.3) is 11.0 Å². The monoisotopic (exact) mass is 475 g/mol. The molecule has 1 saturated carbocycles. The van der Waals surface area contributed by atoms with E-state index in [-0.39, 0.29) is 29.2 Å². The molecule has 35 heavy (non-hydrogen) atoms. The maximum Gasteiger partial charge on any atom is 0.263 e. The molecule has 182 valence electrons. The fourth-order valence-electron chi connectivity index (χ4n) is 5.51. The second-order valence-electron chi connectivity index (χ2n) is 10.1. The number of amides is 1. The van der Waals surface area contributed by atoms with Crippen molar-refractivity contribution >= 4 is 22.8 Å². The number of anilines is 1. The number of nitrogens with one attached hydrogen (secondary N) is 2. The lowest BCUT2D eigenvalue weighted by atomic mass is 9.70. The number of rotatable bonds is 6. The molecule has 3 fully saturated rings. The molecule has 2 N–H and O–H groups in total. The van der Waals surface area contributed by atoms with Gasteiger partial charge in [0.2, 0.25) is 0 Å². The lowest BCUT2D eigenvalue weighted by molar-refractivity contribution is -0.167. The van der Waals surface area contributed by atoms with Gasteiger partial charge in [-0.05, 0) is 68.9 Å². The van der Waals surface area contributed by atoms with Crippen molar-refractivity contribution in [2.24, 2.45) is 0 Å². The second-order valence-corrected chi connectivity index (χ2v) is 10.1. The van der Waals surface area contributed by atoms with E-state index in [1.165, 1.54) is 0 Å². The van der Waals surface area contributed by atoms with E-state index in [9.17, 15) is 9.59 Å². The maximum atomic E-state index is 12.6. The molecule has 1 amide bonds. The maximum absolute atomic E-state index is 12.6. The Morgan fingerprint density at radius 1 is 1.14 bits per heavy atom. The molecule has 0 unspecified atom stereocenters. The summed E-state index contributed by atoms with van der Waals surface area (Å²) in [4.78, 5) is 33.2. The van der Waals surface area contributed by atoms with Gasteiger partial charge in [-0.15, -0.1) is 0 Å². The Bertz CT molecular complexity index is 1340. The second kappa shape index (κ2) is 8.42. The Morgan fingerprint density at radius 3 is 2.80 bits per heavy atom. The SMILES string of the molecule is Cc1cnc2ccc(=O)n(CCC34CCC(NCc5ccc6c(n5)NC(=O)CO6)(CC3)CO4)c2c1. The van der Waals surface area contributed by atoms with Crippen LogP contribution in [0.15, 0.2) is 41.3 Å². The van der Waals surface area contributed by atoms with E-state index in [4.69, 9.17) is 9.47 Å². The van der Waals surface area contributed by atoms with Gasteiger partial charge in [-0.2, -0.15) is 0 Å². The zero-order chi connectivity index (χ0) is 24.0. The summed E-state index contributed by atoms with van der Waals surface area (Å²) in [6.07, 6.45) is 6.59. The molecule has 6 heterocycles. The van der Waals surface area contributed by atoms with Gasteiger partial charge in [-0.3, -0.25) is 14.6 Å². The minimum atomic E-state index is -0.187. The number of pyridine rings is 3. The molecular formula is C26H29N5O4. The minimum Gasteiger partial charge on any atom is -0.480 e. The van der Waals surface area contributed by atoms with Gasteiger partial charge < -0.3 is 24.7 Å². The highest BCUT2D eigenvalue weighted by Gasteiger charge is 2.49. The number of nitrogens with zero attached hydrogens (tertiary/aromatic N) is 3. The molecule has 0 radical (unpaired) electrons. The summed E-state index contributed by atoms with van der Waals surface area (Å²) in [7, 11) is 0. The summed E-state index contributed by atoms with van der Waals surface area (Å²) < 4.78 is 13.7. The normalized spacial score (nSPS) is 25.2. The molecule has 0 atom stereocenters. The number of carbonyl (C=O) groups excluding carboxylic acids is 1. The number of ether oxygens (including phenoxy) is 2. The molecule has 4 aliphatic rings. The molecule has 2 bridgehead atoms. The Labute approximate surface area is 202 Å². The number of aromatic nitrogens is 3. The molecular weight excluding hydrogens is 446 g/mol. The molecule has 9 nitrogen and oxygen atoms in total. The molecule has 9 heteroatoms. The summed E-state index contributed by atoms with van der Waals surface area (Å²) in [5.74, 6) is 0.899. The average Bonchev–Trinajstić information content (AvgIpc) is 2.88. The third-order valence-electron chi connectivity index (χ3n) is 7.72. The van der Waals surface area contributed by atoms with E-state index >= 15 is 0 Å². The third kappa shape index (κ3) is 4.19. The Hall–Kier alpha value is -3.30. The largest absolute Gasteiger partial charge is 0.480 e. The van der Waals surface area contributed by atoms with E-state index < -0.39 is 0 Å². The van der Waals surface area contributed by atoms with Crippen molar-refractivity contribution in [3.05, 3.63) is 58.1 Å². The summed E-state index contributed by atoms with van der Waals surface area (Å²) in [6, 6.07) is 9.21. The Kier molecular flexibility index (Phi) is 5.34. The molecule has 2 saturated heterocycles. The van der Waals surface area contributed by atoms with Crippen LogP contribution in [0.3, 0.4) is 0 Å². The Morgan fingerprint density at radius 2 is 2.00 bits per heavy atom. The molecule has 1 aliphatic carbocycles. The summed E-state index contributed by atoms with van der Waals surface area (Å²) in [6.45, 7) is 3.88. The molecule has 7 rings (SSSR count). The van der Waals surface area contributed by atoms with Gasteiger partial charge in [0.15, 0.2) is 18.2 Å². The highest BCUT2D eigenvalue weighted by atomic mass is 16.5. The van der Waals surface area contributed by atoms with Crippen LogP contribution >= 0.6 is 0 Å². The average molecular weight is 476 g/mol. The van der Waals surface area contributed by atoms with Gasteiger partial charge in [0.25, 0.3) is 11.5 Å². The van der Waals surface area contributed by atoms with E-state index in [0.29, 0.717) is 31.3 Å². The predicted molar refractivity (Wildman–Crippen MR) is 130 cm³/mol. The van der Waals surface area contributed by atoms with E-state index in [1.807, 2.05) is 35.9 Å². The minimum absolute atomic E-state index is 0.00284. The van der Waals surface area contributed by atoms with Gasteiger partial charge in [0, 0.05) is 30.9 Å². The highest BCUT2D eigenvalue weighted by molar-refractivity contribution is 5.94. The van der Waals surface area contributed by atoms with Crippen LogP contribution < -0.4 is 20.9 Å². The van der Waals surface area contributed by atoms with Crippen LogP contribution in [0.5, 0.6) is 5.75 Å². The first kappa shape index (κ1) is 22.2. The van der Waals surface area contributed by atoms with Crippen LogP contribution in [-0.2, 0) is 22.6 Å². The highest BCUT2D eigenvalue weighted by Crippen LogP contribution is 2.45. The van der Waals surface area contributed by atoms with E-state index in [1.54, 1.807) is 12.1 Å². The van der Waals surface area contributed by atoms with Crippen LogP contribution in [0, 0.1) is 6.92 Å². The van der Waals surface area contributed by atoms with E-state index in [0.717, 1.165) is 54.4 Å². The first-order valence-electron chi connectivity index (χ1n) is 12.2. The summed E-state index contributed by atoms with van der Waals surface area (Å²) in [5.41, 5.74) is 3.36. The van der Waals surface area contributed by atoms with Crippen LogP contribution in [-0.4, -0.2) is 44.8 Å². The van der Waals surface area contributed by atoms with Crippen molar-refractivity contribution in [3.63, 3.8) is 0 Å². The third-order valence-corrected chi connectivity index (χ3v) is 7.72. The zero-order valence-corrected chi connectivity index (χ0v) is 19.8. The number of carbonyl (C=O) groups is 1. The fraction of sp³-hybridized carbons (Fsp3) is 0.462. The van der Waals surface area contributed by atoms with Gasteiger partial charge in [-0.25, -0.2) is 4.98 Å². The predicted octanol–water partition coefficient (Wildman–Crippen LogP) is 2.69. The lowest BCUT2D eigenvalue weighted by Gasteiger charge is -2.53. The number of fused-ring (bicyclic) bond motifs is 5. The van der Waals surface area contributed by atoms with Crippen LogP contribution in [0.2, 0.25) is 0 Å². The standard InChI is InChI=1S/C26H29N5O4/c1-17-12-20-19(27-13-17)3-5-23(33)31(20)11-10-26-8-6-25(7-9-26,16-35-26)28-14-18-2-4-21-24(29-18)30-22(32)15-34-21/h2-5,12-13,28H,6-11,14-16H2,1H3,(H,29,30,32). The van der Waals surface area contributed by atoms with Crippen LogP contribution in [0.1, 0.15) is 43.4 Å². The van der Waals surface area contributed by atoms with Crippen molar-refractivity contribution in [2.45, 2.75) is 63.3 Å². The van der Waals surface area contributed by atoms with Crippen molar-refractivity contribution in [2.75, 3.05) is 18.5 Å².